The zero-order valence-corrected chi connectivity index (χ0v) is 18.7. The Morgan fingerprint density at radius 2 is 1.97 bits per heavy atom. The Balaban J connectivity index is 1.56. The molecule has 0 bridgehead atoms. The summed E-state index contributed by atoms with van der Waals surface area (Å²) in [7, 11) is 0. The highest BCUT2D eigenvalue weighted by molar-refractivity contribution is 8.26. The van der Waals surface area contributed by atoms with E-state index in [4.69, 9.17) is 17.0 Å². The molecule has 1 aromatic heterocycles. The van der Waals surface area contributed by atoms with Gasteiger partial charge in [-0.2, -0.15) is 0 Å². The third kappa shape index (κ3) is 4.30. The molecule has 2 heterocycles. The molecule has 3 aromatic rings. The first kappa shape index (κ1) is 20.7. The minimum absolute atomic E-state index is 0.133. The van der Waals surface area contributed by atoms with Crippen molar-refractivity contribution in [2.75, 3.05) is 6.61 Å². The summed E-state index contributed by atoms with van der Waals surface area (Å²) in [6.45, 7) is 5.71. The summed E-state index contributed by atoms with van der Waals surface area (Å²) in [5.74, 6) is 1.29. The maximum Gasteiger partial charge on any atom is 0.263 e. The SMILES string of the molecule is CC[C@@H](C)c1ccccc1OCCn1cc(/C=C2\SC(=S)NC2=O)c2ccccc21. The number of rotatable bonds is 7. The Labute approximate surface area is 186 Å². The molecular formula is C24H24N2O2S2. The summed E-state index contributed by atoms with van der Waals surface area (Å²) in [6.07, 6.45) is 5.07. The molecule has 0 saturated carbocycles. The fraction of sp³-hybridized carbons (Fsp3) is 0.250. The van der Waals surface area contributed by atoms with Crippen molar-refractivity contribution in [3.05, 3.63) is 70.8 Å². The summed E-state index contributed by atoms with van der Waals surface area (Å²) >= 11 is 6.41. The van der Waals surface area contributed by atoms with Crippen LogP contribution in [0.3, 0.4) is 0 Å². The maximum atomic E-state index is 12.1. The number of fused-ring (bicyclic) bond motifs is 1. The third-order valence-electron chi connectivity index (χ3n) is 5.40. The summed E-state index contributed by atoms with van der Waals surface area (Å²) in [6, 6.07) is 16.5. The average molecular weight is 437 g/mol. The van der Waals surface area contributed by atoms with E-state index >= 15 is 0 Å². The van der Waals surface area contributed by atoms with Crippen LogP contribution in [-0.4, -0.2) is 21.4 Å². The summed E-state index contributed by atoms with van der Waals surface area (Å²) in [5.41, 5.74) is 3.38. The second kappa shape index (κ2) is 9.06. The predicted molar refractivity (Wildman–Crippen MR) is 129 cm³/mol. The first-order valence-electron chi connectivity index (χ1n) is 10.1. The molecular weight excluding hydrogens is 412 g/mol. The lowest BCUT2D eigenvalue weighted by Crippen LogP contribution is -2.17. The average Bonchev–Trinajstić information content (AvgIpc) is 3.27. The third-order valence-corrected chi connectivity index (χ3v) is 6.56. The Kier molecular flexibility index (Phi) is 6.25. The smallest absolute Gasteiger partial charge is 0.263 e. The second-order valence-electron chi connectivity index (χ2n) is 7.34. The lowest BCUT2D eigenvalue weighted by Gasteiger charge is -2.16. The lowest BCUT2D eigenvalue weighted by molar-refractivity contribution is -0.115. The molecule has 1 saturated heterocycles. The van der Waals surface area contributed by atoms with E-state index in [-0.39, 0.29) is 5.91 Å². The van der Waals surface area contributed by atoms with Gasteiger partial charge in [0.05, 0.1) is 11.4 Å². The molecule has 2 aromatic carbocycles. The number of aromatic nitrogens is 1. The van der Waals surface area contributed by atoms with Gasteiger partial charge in [0.2, 0.25) is 0 Å². The number of benzene rings is 2. The van der Waals surface area contributed by atoms with Gasteiger partial charge in [-0.3, -0.25) is 4.79 Å². The topological polar surface area (TPSA) is 43.3 Å². The fourth-order valence-electron chi connectivity index (χ4n) is 3.63. The number of nitrogens with one attached hydrogen (secondary N) is 1. The Hall–Kier alpha value is -2.57. The van der Waals surface area contributed by atoms with Crippen molar-refractivity contribution in [1.29, 1.82) is 0 Å². The Morgan fingerprint density at radius 3 is 2.73 bits per heavy atom. The Morgan fingerprint density at radius 1 is 1.20 bits per heavy atom. The molecule has 0 radical (unpaired) electrons. The molecule has 1 aliphatic rings. The molecule has 1 amide bonds. The number of thioether (sulfide) groups is 1. The van der Waals surface area contributed by atoms with E-state index in [1.165, 1.54) is 17.3 Å². The van der Waals surface area contributed by atoms with Crippen LogP contribution < -0.4 is 10.1 Å². The standard InChI is InChI=1S/C24H24N2O2S2/c1-3-16(2)18-8-5-7-11-21(18)28-13-12-26-15-17(19-9-4-6-10-20(19)26)14-22-23(27)25-24(29)30-22/h4-11,14-16H,3,12-13H2,1-2H3,(H,25,27,29)/b22-14-/t16-/m1/s1. The number of nitrogens with zero attached hydrogens (tertiary/aromatic N) is 1. The van der Waals surface area contributed by atoms with Crippen molar-refractivity contribution in [2.45, 2.75) is 32.7 Å². The number of hydrogen-bond donors (Lipinski definition) is 1. The van der Waals surface area contributed by atoms with Crippen LogP contribution in [0.4, 0.5) is 0 Å². The second-order valence-corrected chi connectivity index (χ2v) is 9.06. The van der Waals surface area contributed by atoms with Gasteiger partial charge >= 0.3 is 0 Å². The quantitative estimate of drug-likeness (QED) is 0.380. The number of ether oxygens (including phenoxy) is 1. The largest absolute Gasteiger partial charge is 0.491 e. The van der Waals surface area contributed by atoms with Crippen molar-refractivity contribution in [1.82, 2.24) is 9.88 Å². The summed E-state index contributed by atoms with van der Waals surface area (Å²) in [5, 5.41) is 3.78. The minimum atomic E-state index is -0.133. The van der Waals surface area contributed by atoms with Gasteiger partial charge in [-0.05, 0) is 36.1 Å². The fourth-order valence-corrected chi connectivity index (χ4v) is 4.67. The summed E-state index contributed by atoms with van der Waals surface area (Å²) < 4.78 is 8.85. The van der Waals surface area contributed by atoms with Gasteiger partial charge in [-0.1, -0.05) is 74.2 Å². The van der Waals surface area contributed by atoms with Gasteiger partial charge < -0.3 is 14.6 Å². The highest BCUT2D eigenvalue weighted by atomic mass is 32.2. The van der Waals surface area contributed by atoms with Crippen LogP contribution in [0.15, 0.2) is 59.6 Å². The van der Waals surface area contributed by atoms with Gasteiger partial charge in [-0.15, -0.1) is 0 Å². The molecule has 0 spiro atoms. The monoisotopic (exact) mass is 436 g/mol. The lowest BCUT2D eigenvalue weighted by atomic mass is 9.98. The normalized spacial score (nSPS) is 16.3. The van der Waals surface area contributed by atoms with E-state index in [1.807, 2.05) is 30.3 Å². The van der Waals surface area contributed by atoms with E-state index in [0.717, 1.165) is 35.2 Å². The van der Waals surface area contributed by atoms with E-state index in [2.05, 4.69) is 54.2 Å². The van der Waals surface area contributed by atoms with Crippen LogP contribution in [0, 0.1) is 0 Å². The molecule has 0 unspecified atom stereocenters. The Bertz CT molecular complexity index is 1130. The van der Waals surface area contributed by atoms with Crippen molar-refractivity contribution >= 4 is 51.2 Å². The van der Waals surface area contributed by atoms with Crippen molar-refractivity contribution in [2.24, 2.45) is 0 Å². The van der Waals surface area contributed by atoms with Gasteiger partial charge in [0, 0.05) is 22.7 Å². The molecule has 6 heteroatoms. The number of thiocarbonyl (C=S) groups is 1. The van der Waals surface area contributed by atoms with Crippen LogP contribution in [0.25, 0.3) is 17.0 Å². The zero-order chi connectivity index (χ0) is 21.1. The summed E-state index contributed by atoms with van der Waals surface area (Å²) in [4.78, 5) is 12.7. The molecule has 30 heavy (non-hydrogen) atoms. The van der Waals surface area contributed by atoms with Crippen LogP contribution >= 0.6 is 24.0 Å². The minimum Gasteiger partial charge on any atom is -0.491 e. The first-order chi connectivity index (χ1) is 14.6. The molecule has 4 nitrogen and oxygen atoms in total. The molecule has 1 fully saturated rings. The van der Waals surface area contributed by atoms with E-state index < -0.39 is 0 Å². The van der Waals surface area contributed by atoms with Crippen LogP contribution in [-0.2, 0) is 11.3 Å². The highest BCUT2D eigenvalue weighted by Crippen LogP contribution is 2.31. The highest BCUT2D eigenvalue weighted by Gasteiger charge is 2.22. The molecule has 1 aliphatic heterocycles. The van der Waals surface area contributed by atoms with Gasteiger partial charge in [0.15, 0.2) is 0 Å². The van der Waals surface area contributed by atoms with Crippen LogP contribution in [0.2, 0.25) is 0 Å². The van der Waals surface area contributed by atoms with E-state index in [9.17, 15) is 4.79 Å². The van der Waals surface area contributed by atoms with Crippen molar-refractivity contribution in [3.63, 3.8) is 0 Å². The van der Waals surface area contributed by atoms with Gasteiger partial charge in [-0.25, -0.2) is 0 Å². The molecule has 1 N–H and O–H groups in total. The number of amides is 1. The number of para-hydroxylation sites is 2. The molecule has 4 rings (SSSR count). The van der Waals surface area contributed by atoms with Crippen LogP contribution in [0.5, 0.6) is 5.75 Å². The van der Waals surface area contributed by atoms with E-state index in [1.54, 1.807) is 0 Å². The van der Waals surface area contributed by atoms with Crippen molar-refractivity contribution < 1.29 is 9.53 Å². The molecule has 0 aliphatic carbocycles. The number of hydrogen-bond acceptors (Lipinski definition) is 4. The van der Waals surface area contributed by atoms with Crippen molar-refractivity contribution in [3.8, 4) is 5.75 Å². The van der Waals surface area contributed by atoms with Gasteiger partial charge in [0.25, 0.3) is 5.91 Å². The number of carbonyl (C=O) groups excluding carboxylic acids is 1. The van der Waals surface area contributed by atoms with Gasteiger partial charge in [0.1, 0.15) is 16.7 Å². The zero-order valence-electron chi connectivity index (χ0n) is 17.1. The first-order valence-corrected chi connectivity index (χ1v) is 11.3. The predicted octanol–water partition coefficient (Wildman–Crippen LogP) is 5.72. The van der Waals surface area contributed by atoms with Crippen LogP contribution in [0.1, 0.15) is 37.3 Å². The number of carbonyl (C=O) groups is 1. The maximum absolute atomic E-state index is 12.1. The molecule has 154 valence electrons. The van der Waals surface area contributed by atoms with E-state index in [0.29, 0.717) is 21.8 Å². The molecule has 1 atom stereocenters.